The Kier molecular flexibility index (Phi) is 6.99. The van der Waals surface area contributed by atoms with Gasteiger partial charge in [0.2, 0.25) is 5.91 Å². The summed E-state index contributed by atoms with van der Waals surface area (Å²) in [6.07, 6.45) is 6.02. The molecule has 116 valence electrons. The van der Waals surface area contributed by atoms with E-state index in [0.29, 0.717) is 13.0 Å². The van der Waals surface area contributed by atoms with Crippen molar-refractivity contribution in [1.82, 2.24) is 5.32 Å². The van der Waals surface area contributed by atoms with Gasteiger partial charge in [0.1, 0.15) is 0 Å². The van der Waals surface area contributed by atoms with E-state index in [0.717, 1.165) is 38.5 Å². The van der Waals surface area contributed by atoms with E-state index in [4.69, 9.17) is 9.84 Å². The van der Waals surface area contributed by atoms with Gasteiger partial charge < -0.3 is 15.2 Å². The fourth-order valence-electron chi connectivity index (χ4n) is 3.23. The first-order valence-electron chi connectivity index (χ1n) is 7.51. The number of rotatable bonds is 9. The second kappa shape index (κ2) is 8.25. The quantitative estimate of drug-likeness (QED) is 0.682. The molecule has 0 radical (unpaired) electrons. The zero-order valence-corrected chi connectivity index (χ0v) is 12.6. The largest absolute Gasteiger partial charge is 0.481 e. The zero-order chi connectivity index (χ0) is 15.0. The first kappa shape index (κ1) is 17.0. The molecule has 0 bridgehead atoms. The van der Waals surface area contributed by atoms with Crippen LogP contribution in [0.4, 0.5) is 0 Å². The third kappa shape index (κ3) is 5.49. The van der Waals surface area contributed by atoms with Crippen LogP contribution in [0.3, 0.4) is 0 Å². The molecule has 5 nitrogen and oxygen atoms in total. The summed E-state index contributed by atoms with van der Waals surface area (Å²) in [6, 6.07) is 0.0285. The number of nitrogens with one attached hydrogen (secondary N) is 1. The SMILES string of the molecule is CCCC(COC)NC(=O)CC1(CC(=O)O)CCCC1. The highest BCUT2D eigenvalue weighted by Crippen LogP contribution is 2.44. The number of amides is 1. The van der Waals surface area contributed by atoms with Gasteiger partial charge in [-0.25, -0.2) is 0 Å². The highest BCUT2D eigenvalue weighted by molar-refractivity contribution is 5.78. The summed E-state index contributed by atoms with van der Waals surface area (Å²) in [6.45, 7) is 2.57. The third-order valence-electron chi connectivity index (χ3n) is 4.10. The second-order valence-corrected chi connectivity index (χ2v) is 5.96. The Morgan fingerprint density at radius 1 is 1.30 bits per heavy atom. The van der Waals surface area contributed by atoms with E-state index in [9.17, 15) is 9.59 Å². The maximum absolute atomic E-state index is 12.2. The highest BCUT2D eigenvalue weighted by Gasteiger charge is 2.38. The molecule has 1 aliphatic rings. The number of carboxylic acids is 1. The van der Waals surface area contributed by atoms with Crippen molar-refractivity contribution in [3.8, 4) is 0 Å². The lowest BCUT2D eigenvalue weighted by Crippen LogP contribution is -2.40. The molecule has 1 amide bonds. The number of carbonyl (C=O) groups is 2. The summed E-state index contributed by atoms with van der Waals surface area (Å²) < 4.78 is 5.11. The lowest BCUT2D eigenvalue weighted by atomic mass is 9.79. The number of hydrogen-bond acceptors (Lipinski definition) is 3. The summed E-state index contributed by atoms with van der Waals surface area (Å²) in [5.41, 5.74) is -0.334. The van der Waals surface area contributed by atoms with Crippen LogP contribution < -0.4 is 5.32 Å². The number of methoxy groups -OCH3 is 1. The molecular weight excluding hydrogens is 258 g/mol. The molecule has 0 aromatic heterocycles. The Bertz CT molecular complexity index is 318. The van der Waals surface area contributed by atoms with E-state index in [-0.39, 0.29) is 23.8 Å². The fraction of sp³-hybridized carbons (Fsp3) is 0.867. The van der Waals surface area contributed by atoms with Gasteiger partial charge in [0.15, 0.2) is 0 Å². The Balaban J connectivity index is 2.55. The molecule has 1 atom stereocenters. The van der Waals surface area contributed by atoms with Crippen molar-refractivity contribution < 1.29 is 19.4 Å². The Morgan fingerprint density at radius 3 is 2.45 bits per heavy atom. The van der Waals surface area contributed by atoms with Crippen LogP contribution in [-0.2, 0) is 14.3 Å². The number of carboxylic acid groups (broad SMARTS) is 1. The molecule has 0 aromatic rings. The van der Waals surface area contributed by atoms with E-state index in [2.05, 4.69) is 12.2 Å². The number of carbonyl (C=O) groups excluding carboxylic acids is 1. The predicted octanol–water partition coefficient (Wildman–Crippen LogP) is 2.34. The summed E-state index contributed by atoms with van der Waals surface area (Å²) in [7, 11) is 1.62. The molecule has 0 heterocycles. The summed E-state index contributed by atoms with van der Waals surface area (Å²) in [4.78, 5) is 23.2. The lowest BCUT2D eigenvalue weighted by molar-refractivity contribution is -0.140. The minimum absolute atomic E-state index is 0.0285. The van der Waals surface area contributed by atoms with Crippen LogP contribution >= 0.6 is 0 Å². The van der Waals surface area contributed by atoms with E-state index in [1.807, 2.05) is 0 Å². The van der Waals surface area contributed by atoms with Gasteiger partial charge in [-0.05, 0) is 24.7 Å². The molecule has 1 unspecified atom stereocenters. The van der Waals surface area contributed by atoms with Crippen LogP contribution in [0.2, 0.25) is 0 Å². The van der Waals surface area contributed by atoms with E-state index >= 15 is 0 Å². The molecule has 1 fully saturated rings. The first-order valence-corrected chi connectivity index (χ1v) is 7.51. The molecular formula is C15H27NO4. The van der Waals surface area contributed by atoms with Crippen molar-refractivity contribution >= 4 is 11.9 Å². The Hall–Kier alpha value is -1.10. The summed E-state index contributed by atoms with van der Waals surface area (Å²) in [5.74, 6) is -0.842. The Morgan fingerprint density at radius 2 is 1.95 bits per heavy atom. The number of hydrogen-bond donors (Lipinski definition) is 2. The van der Waals surface area contributed by atoms with Gasteiger partial charge >= 0.3 is 5.97 Å². The van der Waals surface area contributed by atoms with Crippen LogP contribution in [-0.4, -0.2) is 36.7 Å². The standard InChI is InChI=1S/C15H27NO4/c1-3-6-12(11-20-2)16-13(17)9-15(10-14(18)19)7-4-5-8-15/h12H,3-11H2,1-2H3,(H,16,17)(H,18,19). The van der Waals surface area contributed by atoms with Crippen LogP contribution in [0, 0.1) is 5.41 Å². The van der Waals surface area contributed by atoms with Gasteiger partial charge in [0, 0.05) is 13.5 Å². The third-order valence-corrected chi connectivity index (χ3v) is 4.10. The molecule has 1 saturated carbocycles. The van der Waals surface area contributed by atoms with Crippen molar-refractivity contribution in [3.63, 3.8) is 0 Å². The fourth-order valence-corrected chi connectivity index (χ4v) is 3.23. The minimum atomic E-state index is -0.804. The van der Waals surface area contributed by atoms with Gasteiger partial charge in [0.05, 0.1) is 19.1 Å². The smallest absolute Gasteiger partial charge is 0.303 e. The summed E-state index contributed by atoms with van der Waals surface area (Å²) in [5, 5.41) is 12.0. The van der Waals surface area contributed by atoms with Gasteiger partial charge in [0.25, 0.3) is 0 Å². The minimum Gasteiger partial charge on any atom is -0.481 e. The maximum Gasteiger partial charge on any atom is 0.303 e. The van der Waals surface area contributed by atoms with Crippen LogP contribution in [0.1, 0.15) is 58.3 Å². The number of aliphatic carboxylic acids is 1. The Labute approximate surface area is 121 Å². The first-order chi connectivity index (χ1) is 9.51. The molecule has 2 N–H and O–H groups in total. The van der Waals surface area contributed by atoms with E-state index < -0.39 is 5.97 Å². The van der Waals surface area contributed by atoms with E-state index in [1.54, 1.807) is 7.11 Å². The molecule has 0 aliphatic heterocycles. The van der Waals surface area contributed by atoms with Crippen molar-refractivity contribution in [2.24, 2.45) is 5.41 Å². The number of ether oxygens (including phenoxy) is 1. The van der Waals surface area contributed by atoms with Crippen LogP contribution in [0.5, 0.6) is 0 Å². The van der Waals surface area contributed by atoms with E-state index in [1.165, 1.54) is 0 Å². The highest BCUT2D eigenvalue weighted by atomic mass is 16.5. The lowest BCUT2D eigenvalue weighted by Gasteiger charge is -2.27. The molecule has 1 rings (SSSR count). The van der Waals surface area contributed by atoms with Crippen LogP contribution in [0.25, 0.3) is 0 Å². The topological polar surface area (TPSA) is 75.6 Å². The van der Waals surface area contributed by atoms with Crippen molar-refractivity contribution in [2.45, 2.75) is 64.3 Å². The average molecular weight is 285 g/mol. The molecule has 20 heavy (non-hydrogen) atoms. The maximum atomic E-state index is 12.2. The van der Waals surface area contributed by atoms with Crippen molar-refractivity contribution in [1.29, 1.82) is 0 Å². The normalized spacial score (nSPS) is 18.7. The van der Waals surface area contributed by atoms with Crippen molar-refractivity contribution in [2.75, 3.05) is 13.7 Å². The predicted molar refractivity (Wildman–Crippen MR) is 76.5 cm³/mol. The summed E-state index contributed by atoms with van der Waals surface area (Å²) >= 11 is 0. The van der Waals surface area contributed by atoms with Gasteiger partial charge in [-0.1, -0.05) is 26.2 Å². The molecule has 0 aromatic carbocycles. The molecule has 0 spiro atoms. The second-order valence-electron chi connectivity index (χ2n) is 5.96. The van der Waals surface area contributed by atoms with Crippen LogP contribution in [0.15, 0.2) is 0 Å². The van der Waals surface area contributed by atoms with Crippen molar-refractivity contribution in [3.05, 3.63) is 0 Å². The van der Waals surface area contributed by atoms with Gasteiger partial charge in [-0.15, -0.1) is 0 Å². The van der Waals surface area contributed by atoms with Gasteiger partial charge in [-0.3, -0.25) is 9.59 Å². The zero-order valence-electron chi connectivity index (χ0n) is 12.6. The molecule has 0 saturated heterocycles. The van der Waals surface area contributed by atoms with Gasteiger partial charge in [-0.2, -0.15) is 0 Å². The molecule has 1 aliphatic carbocycles. The molecule has 5 heteroatoms. The monoisotopic (exact) mass is 285 g/mol. The average Bonchev–Trinajstić information content (AvgIpc) is 2.76.